The lowest BCUT2D eigenvalue weighted by atomic mass is 10.1. The van der Waals surface area contributed by atoms with Gasteiger partial charge in [-0.05, 0) is 36.9 Å². The van der Waals surface area contributed by atoms with E-state index in [4.69, 9.17) is 0 Å². The highest BCUT2D eigenvalue weighted by atomic mass is 79.9. The molecule has 4 heteroatoms. The van der Waals surface area contributed by atoms with Crippen LogP contribution >= 0.6 is 15.9 Å². The van der Waals surface area contributed by atoms with Gasteiger partial charge in [0.15, 0.2) is 5.78 Å². The van der Waals surface area contributed by atoms with Crippen LogP contribution in [0.4, 0.5) is 0 Å². The van der Waals surface area contributed by atoms with Gasteiger partial charge in [0, 0.05) is 41.9 Å². The molecular formula is C16H17BrN2O. The van der Waals surface area contributed by atoms with Gasteiger partial charge in [-0.15, -0.1) is 0 Å². The van der Waals surface area contributed by atoms with Gasteiger partial charge >= 0.3 is 0 Å². The standard InChI is InChI=1S/C16H17BrN2O/c1-19(12-13-5-8-18-9-6-13)10-7-16(20)14-3-2-4-15(17)11-14/h2-6,8-9,11H,7,10,12H2,1H3. The van der Waals surface area contributed by atoms with Crippen molar-refractivity contribution in [2.75, 3.05) is 13.6 Å². The third-order valence-electron chi connectivity index (χ3n) is 3.07. The lowest BCUT2D eigenvalue weighted by Gasteiger charge is -2.16. The van der Waals surface area contributed by atoms with Gasteiger partial charge in [0.05, 0.1) is 0 Å². The van der Waals surface area contributed by atoms with Crippen molar-refractivity contribution >= 4 is 21.7 Å². The number of hydrogen-bond donors (Lipinski definition) is 0. The summed E-state index contributed by atoms with van der Waals surface area (Å²) in [5.74, 6) is 0.174. The third-order valence-corrected chi connectivity index (χ3v) is 3.56. The molecule has 0 radical (unpaired) electrons. The molecule has 20 heavy (non-hydrogen) atoms. The van der Waals surface area contributed by atoms with Gasteiger partial charge in [-0.25, -0.2) is 0 Å². The Morgan fingerprint density at radius 1 is 1.25 bits per heavy atom. The first kappa shape index (κ1) is 14.9. The van der Waals surface area contributed by atoms with Gasteiger partial charge in [-0.2, -0.15) is 0 Å². The molecule has 0 bridgehead atoms. The van der Waals surface area contributed by atoms with Gasteiger partial charge in [0.1, 0.15) is 0 Å². The molecule has 2 rings (SSSR count). The molecule has 2 aromatic rings. The lowest BCUT2D eigenvalue weighted by Crippen LogP contribution is -2.21. The lowest BCUT2D eigenvalue weighted by molar-refractivity contribution is 0.0968. The van der Waals surface area contributed by atoms with Crippen molar-refractivity contribution in [2.45, 2.75) is 13.0 Å². The Morgan fingerprint density at radius 2 is 2.00 bits per heavy atom. The SMILES string of the molecule is CN(CCC(=O)c1cccc(Br)c1)Cc1ccncc1. The number of rotatable bonds is 6. The van der Waals surface area contributed by atoms with E-state index in [0.29, 0.717) is 6.42 Å². The summed E-state index contributed by atoms with van der Waals surface area (Å²) >= 11 is 3.39. The predicted octanol–water partition coefficient (Wildman–Crippen LogP) is 3.55. The Hall–Kier alpha value is -1.52. The van der Waals surface area contributed by atoms with E-state index in [0.717, 1.165) is 23.1 Å². The van der Waals surface area contributed by atoms with Crippen molar-refractivity contribution in [3.05, 3.63) is 64.4 Å². The molecule has 0 saturated carbocycles. The molecule has 0 saturated heterocycles. The van der Waals surface area contributed by atoms with Crippen LogP contribution in [-0.4, -0.2) is 29.3 Å². The maximum absolute atomic E-state index is 12.1. The molecule has 0 amide bonds. The number of pyridine rings is 1. The van der Waals surface area contributed by atoms with Crippen LogP contribution in [0.25, 0.3) is 0 Å². The second-order valence-electron chi connectivity index (χ2n) is 4.78. The number of Topliss-reactive ketones (excluding diaryl/α,β-unsaturated/α-hetero) is 1. The van der Waals surface area contributed by atoms with Crippen LogP contribution in [0, 0.1) is 0 Å². The summed E-state index contributed by atoms with van der Waals surface area (Å²) in [7, 11) is 2.02. The summed E-state index contributed by atoms with van der Waals surface area (Å²) in [6, 6.07) is 11.5. The van der Waals surface area contributed by atoms with Gasteiger partial charge < -0.3 is 4.90 Å². The highest BCUT2D eigenvalue weighted by Crippen LogP contribution is 2.13. The van der Waals surface area contributed by atoms with E-state index in [2.05, 4.69) is 25.8 Å². The molecule has 0 spiro atoms. The van der Waals surface area contributed by atoms with Crippen LogP contribution in [0.15, 0.2) is 53.3 Å². The van der Waals surface area contributed by atoms with Gasteiger partial charge in [-0.1, -0.05) is 28.1 Å². The number of hydrogen-bond acceptors (Lipinski definition) is 3. The van der Waals surface area contributed by atoms with E-state index >= 15 is 0 Å². The fourth-order valence-corrected chi connectivity index (χ4v) is 2.38. The highest BCUT2D eigenvalue weighted by molar-refractivity contribution is 9.10. The molecule has 0 unspecified atom stereocenters. The van der Waals surface area contributed by atoms with E-state index < -0.39 is 0 Å². The molecular weight excluding hydrogens is 316 g/mol. The monoisotopic (exact) mass is 332 g/mol. The van der Waals surface area contributed by atoms with Crippen molar-refractivity contribution in [1.82, 2.24) is 9.88 Å². The number of aromatic nitrogens is 1. The molecule has 0 aliphatic carbocycles. The first-order valence-electron chi connectivity index (χ1n) is 6.51. The molecule has 0 aliphatic rings. The topological polar surface area (TPSA) is 33.2 Å². The van der Waals surface area contributed by atoms with E-state index in [1.54, 1.807) is 12.4 Å². The second-order valence-corrected chi connectivity index (χ2v) is 5.69. The van der Waals surface area contributed by atoms with Crippen molar-refractivity contribution in [1.29, 1.82) is 0 Å². The number of benzene rings is 1. The van der Waals surface area contributed by atoms with Gasteiger partial charge in [0.2, 0.25) is 0 Å². The molecule has 0 aliphatic heterocycles. The van der Waals surface area contributed by atoms with E-state index in [-0.39, 0.29) is 5.78 Å². The number of carbonyl (C=O) groups excluding carboxylic acids is 1. The Morgan fingerprint density at radius 3 is 2.70 bits per heavy atom. The van der Waals surface area contributed by atoms with Crippen molar-refractivity contribution < 1.29 is 4.79 Å². The van der Waals surface area contributed by atoms with Crippen LogP contribution in [0.2, 0.25) is 0 Å². The molecule has 104 valence electrons. The Labute approximate surface area is 127 Å². The summed E-state index contributed by atoms with van der Waals surface area (Å²) in [6.45, 7) is 1.57. The summed E-state index contributed by atoms with van der Waals surface area (Å²) in [5, 5.41) is 0. The fourth-order valence-electron chi connectivity index (χ4n) is 1.98. The van der Waals surface area contributed by atoms with E-state index in [1.165, 1.54) is 5.56 Å². The summed E-state index contributed by atoms with van der Waals surface area (Å²) in [6.07, 6.45) is 4.10. The maximum atomic E-state index is 12.1. The van der Waals surface area contributed by atoms with E-state index in [1.807, 2.05) is 43.4 Å². The predicted molar refractivity (Wildman–Crippen MR) is 83.7 cm³/mol. The van der Waals surface area contributed by atoms with Gasteiger partial charge in [-0.3, -0.25) is 9.78 Å². The zero-order chi connectivity index (χ0) is 14.4. The molecule has 0 fully saturated rings. The van der Waals surface area contributed by atoms with Crippen LogP contribution in [-0.2, 0) is 6.54 Å². The van der Waals surface area contributed by atoms with Crippen molar-refractivity contribution in [3.63, 3.8) is 0 Å². The number of carbonyl (C=O) groups is 1. The minimum atomic E-state index is 0.174. The van der Waals surface area contributed by atoms with Crippen molar-refractivity contribution in [3.8, 4) is 0 Å². The quantitative estimate of drug-likeness (QED) is 0.758. The second kappa shape index (κ2) is 7.31. The normalized spacial score (nSPS) is 10.8. The average Bonchev–Trinajstić information content (AvgIpc) is 2.46. The first-order chi connectivity index (χ1) is 9.65. The first-order valence-corrected chi connectivity index (χ1v) is 7.30. The average molecular weight is 333 g/mol. The summed E-state index contributed by atoms with van der Waals surface area (Å²) in [4.78, 5) is 18.2. The smallest absolute Gasteiger partial charge is 0.164 e. The minimum absolute atomic E-state index is 0.174. The Balaban J connectivity index is 1.84. The number of nitrogens with zero attached hydrogens (tertiary/aromatic N) is 2. The Bertz CT molecular complexity index is 572. The minimum Gasteiger partial charge on any atom is -0.302 e. The van der Waals surface area contributed by atoms with Crippen LogP contribution in [0.5, 0.6) is 0 Å². The molecule has 1 heterocycles. The zero-order valence-corrected chi connectivity index (χ0v) is 13.0. The fraction of sp³-hybridized carbons (Fsp3) is 0.250. The largest absolute Gasteiger partial charge is 0.302 e. The molecule has 3 nitrogen and oxygen atoms in total. The maximum Gasteiger partial charge on any atom is 0.164 e. The van der Waals surface area contributed by atoms with Crippen molar-refractivity contribution in [2.24, 2.45) is 0 Å². The molecule has 0 N–H and O–H groups in total. The van der Waals surface area contributed by atoms with Gasteiger partial charge in [0.25, 0.3) is 0 Å². The van der Waals surface area contributed by atoms with Crippen LogP contribution in [0.1, 0.15) is 22.3 Å². The summed E-state index contributed by atoms with van der Waals surface area (Å²) in [5.41, 5.74) is 1.97. The summed E-state index contributed by atoms with van der Waals surface area (Å²) < 4.78 is 0.938. The van der Waals surface area contributed by atoms with E-state index in [9.17, 15) is 4.79 Å². The number of halogens is 1. The van der Waals surface area contributed by atoms with Crippen LogP contribution < -0.4 is 0 Å². The molecule has 1 aromatic carbocycles. The zero-order valence-electron chi connectivity index (χ0n) is 11.4. The Kier molecular flexibility index (Phi) is 5.44. The number of ketones is 1. The van der Waals surface area contributed by atoms with Crippen LogP contribution in [0.3, 0.4) is 0 Å². The third kappa shape index (κ3) is 4.54. The highest BCUT2D eigenvalue weighted by Gasteiger charge is 2.08. The molecule has 0 atom stereocenters. The molecule has 1 aromatic heterocycles.